The minimum absolute atomic E-state index is 0.124. The first-order chi connectivity index (χ1) is 8.93. The summed E-state index contributed by atoms with van der Waals surface area (Å²) in [6.07, 6.45) is 1.20. The van der Waals surface area contributed by atoms with Gasteiger partial charge in [-0.1, -0.05) is 13.8 Å². The molecule has 0 aromatic carbocycles. The lowest BCUT2D eigenvalue weighted by Crippen LogP contribution is -2.47. The molecule has 2 unspecified atom stereocenters. The standard InChI is InChI=1S/C12H16N2O4S/c1-6(2)11-14(8(4-19-11)12(16)17)10(15)9-7(3)13-5-18-9/h5-6,8,11H,4H2,1-3H3,(H,16,17). The maximum absolute atomic E-state index is 12.5. The SMILES string of the molecule is Cc1ncoc1C(=O)N1C(C(=O)O)CSC1C(C)C. The second-order valence-corrected chi connectivity index (χ2v) is 5.95. The van der Waals surface area contributed by atoms with E-state index in [9.17, 15) is 14.7 Å². The number of carbonyl (C=O) groups is 2. The van der Waals surface area contributed by atoms with Gasteiger partial charge in [-0.2, -0.15) is 0 Å². The van der Waals surface area contributed by atoms with Crippen LogP contribution in [0.2, 0.25) is 0 Å². The second kappa shape index (κ2) is 5.24. The van der Waals surface area contributed by atoms with Crippen molar-refractivity contribution in [2.45, 2.75) is 32.2 Å². The molecule has 2 atom stereocenters. The third-order valence-electron chi connectivity index (χ3n) is 3.06. The number of hydrogen-bond donors (Lipinski definition) is 1. The van der Waals surface area contributed by atoms with E-state index in [0.717, 1.165) is 0 Å². The van der Waals surface area contributed by atoms with Gasteiger partial charge in [-0.3, -0.25) is 4.79 Å². The molecule has 7 heteroatoms. The smallest absolute Gasteiger partial charge is 0.327 e. The summed E-state index contributed by atoms with van der Waals surface area (Å²) in [6.45, 7) is 5.60. The number of aromatic nitrogens is 1. The van der Waals surface area contributed by atoms with Gasteiger partial charge in [0, 0.05) is 5.75 Å². The molecule has 0 aliphatic carbocycles. The Morgan fingerprint density at radius 3 is 2.74 bits per heavy atom. The van der Waals surface area contributed by atoms with Crippen LogP contribution in [0.5, 0.6) is 0 Å². The number of carboxylic acids is 1. The van der Waals surface area contributed by atoms with Crippen LogP contribution in [0, 0.1) is 12.8 Å². The van der Waals surface area contributed by atoms with Gasteiger partial charge in [0.05, 0.1) is 11.1 Å². The normalized spacial score (nSPS) is 23.1. The third-order valence-corrected chi connectivity index (χ3v) is 4.69. The van der Waals surface area contributed by atoms with Gasteiger partial charge in [0.25, 0.3) is 5.91 Å². The van der Waals surface area contributed by atoms with Gasteiger partial charge in [-0.15, -0.1) is 11.8 Å². The number of aliphatic carboxylic acids is 1. The first kappa shape index (κ1) is 13.9. The van der Waals surface area contributed by atoms with Gasteiger partial charge in [0.15, 0.2) is 6.39 Å². The van der Waals surface area contributed by atoms with Crippen LogP contribution in [0.15, 0.2) is 10.8 Å². The van der Waals surface area contributed by atoms with Crippen molar-refractivity contribution in [1.82, 2.24) is 9.88 Å². The number of nitrogens with zero attached hydrogens (tertiary/aromatic N) is 2. The van der Waals surface area contributed by atoms with E-state index in [2.05, 4.69) is 4.98 Å². The topological polar surface area (TPSA) is 83.6 Å². The maximum Gasteiger partial charge on any atom is 0.327 e. The molecule has 1 saturated heterocycles. The van der Waals surface area contributed by atoms with Crippen LogP contribution in [-0.4, -0.2) is 44.0 Å². The molecule has 0 spiro atoms. The molecule has 6 nitrogen and oxygen atoms in total. The number of carboxylic acid groups (broad SMARTS) is 1. The van der Waals surface area contributed by atoms with E-state index < -0.39 is 17.9 Å². The van der Waals surface area contributed by atoms with Gasteiger partial charge < -0.3 is 14.4 Å². The molecule has 1 aromatic rings. The summed E-state index contributed by atoms with van der Waals surface area (Å²) < 4.78 is 5.09. The van der Waals surface area contributed by atoms with E-state index in [4.69, 9.17) is 4.42 Å². The molecule has 2 heterocycles. The fourth-order valence-electron chi connectivity index (χ4n) is 2.11. The van der Waals surface area contributed by atoms with Crippen molar-refractivity contribution in [3.05, 3.63) is 17.8 Å². The van der Waals surface area contributed by atoms with E-state index in [1.807, 2.05) is 13.8 Å². The lowest BCUT2D eigenvalue weighted by Gasteiger charge is -2.28. The molecular weight excluding hydrogens is 268 g/mol. The van der Waals surface area contributed by atoms with E-state index in [1.165, 1.54) is 23.1 Å². The number of amides is 1. The average Bonchev–Trinajstić information content (AvgIpc) is 2.93. The highest BCUT2D eigenvalue weighted by atomic mass is 32.2. The Morgan fingerprint density at radius 1 is 1.58 bits per heavy atom. The lowest BCUT2D eigenvalue weighted by atomic mass is 10.1. The summed E-state index contributed by atoms with van der Waals surface area (Å²) in [5.74, 6) is -0.690. The Kier molecular flexibility index (Phi) is 3.84. The van der Waals surface area contributed by atoms with Crippen LogP contribution in [0.25, 0.3) is 0 Å². The largest absolute Gasteiger partial charge is 0.480 e. The zero-order chi connectivity index (χ0) is 14.2. The highest BCUT2D eigenvalue weighted by Crippen LogP contribution is 2.35. The predicted octanol–water partition coefficient (Wildman–Crippen LogP) is 1.61. The quantitative estimate of drug-likeness (QED) is 0.907. The molecule has 2 rings (SSSR count). The third kappa shape index (κ3) is 2.47. The predicted molar refractivity (Wildman–Crippen MR) is 69.9 cm³/mol. The van der Waals surface area contributed by atoms with Crippen LogP contribution in [0.3, 0.4) is 0 Å². The Hall–Kier alpha value is -1.50. The second-order valence-electron chi connectivity index (χ2n) is 4.80. The number of aryl methyl sites for hydroxylation is 1. The van der Waals surface area contributed by atoms with Crippen molar-refractivity contribution < 1.29 is 19.1 Å². The van der Waals surface area contributed by atoms with Crippen molar-refractivity contribution in [1.29, 1.82) is 0 Å². The molecule has 0 bridgehead atoms. The Morgan fingerprint density at radius 2 is 2.26 bits per heavy atom. The molecule has 1 aromatic heterocycles. The Bertz CT molecular complexity index is 500. The van der Waals surface area contributed by atoms with Crippen LogP contribution in [0.4, 0.5) is 0 Å². The van der Waals surface area contributed by atoms with E-state index in [-0.39, 0.29) is 17.1 Å². The zero-order valence-electron chi connectivity index (χ0n) is 11.0. The molecule has 1 aliphatic rings. The maximum atomic E-state index is 12.5. The molecule has 1 amide bonds. The number of rotatable bonds is 3. The summed E-state index contributed by atoms with van der Waals surface area (Å²) >= 11 is 1.49. The highest BCUT2D eigenvalue weighted by Gasteiger charge is 2.44. The summed E-state index contributed by atoms with van der Waals surface area (Å²) in [5, 5.41) is 9.09. The molecule has 104 valence electrons. The van der Waals surface area contributed by atoms with Crippen molar-refractivity contribution in [3.8, 4) is 0 Å². The van der Waals surface area contributed by atoms with Crippen LogP contribution in [0.1, 0.15) is 30.1 Å². The average molecular weight is 284 g/mol. The van der Waals surface area contributed by atoms with Crippen molar-refractivity contribution in [2.75, 3.05) is 5.75 Å². The van der Waals surface area contributed by atoms with Crippen molar-refractivity contribution in [2.24, 2.45) is 5.92 Å². The zero-order valence-corrected chi connectivity index (χ0v) is 11.8. The number of thioether (sulfide) groups is 1. The van der Waals surface area contributed by atoms with Crippen LogP contribution >= 0.6 is 11.8 Å². The minimum Gasteiger partial charge on any atom is -0.480 e. The molecular formula is C12H16N2O4S. The fraction of sp³-hybridized carbons (Fsp3) is 0.583. The van der Waals surface area contributed by atoms with Crippen LogP contribution in [-0.2, 0) is 4.79 Å². The summed E-state index contributed by atoms with van der Waals surface area (Å²) in [6, 6.07) is -0.811. The fourth-order valence-corrected chi connectivity index (χ4v) is 3.58. The van der Waals surface area contributed by atoms with E-state index in [0.29, 0.717) is 11.4 Å². The van der Waals surface area contributed by atoms with Crippen molar-refractivity contribution >= 4 is 23.6 Å². The van der Waals surface area contributed by atoms with Gasteiger partial charge in [0.1, 0.15) is 6.04 Å². The highest BCUT2D eigenvalue weighted by molar-refractivity contribution is 8.00. The van der Waals surface area contributed by atoms with Gasteiger partial charge in [-0.25, -0.2) is 9.78 Å². The Balaban J connectivity index is 2.34. The number of carbonyl (C=O) groups excluding carboxylic acids is 1. The molecule has 1 fully saturated rings. The summed E-state index contributed by atoms with van der Waals surface area (Å²) in [5.41, 5.74) is 0.480. The van der Waals surface area contributed by atoms with E-state index in [1.54, 1.807) is 6.92 Å². The van der Waals surface area contributed by atoms with Gasteiger partial charge >= 0.3 is 5.97 Å². The lowest BCUT2D eigenvalue weighted by molar-refractivity contribution is -0.141. The van der Waals surface area contributed by atoms with E-state index >= 15 is 0 Å². The van der Waals surface area contributed by atoms with Crippen LogP contribution < -0.4 is 0 Å². The molecule has 19 heavy (non-hydrogen) atoms. The van der Waals surface area contributed by atoms with Crippen molar-refractivity contribution in [3.63, 3.8) is 0 Å². The Labute approximate surface area is 115 Å². The summed E-state index contributed by atoms with van der Waals surface area (Å²) in [4.78, 5) is 29.0. The molecule has 0 radical (unpaired) electrons. The summed E-state index contributed by atoms with van der Waals surface area (Å²) in [7, 11) is 0. The number of hydrogen-bond acceptors (Lipinski definition) is 5. The molecule has 0 saturated carbocycles. The minimum atomic E-state index is -0.985. The molecule has 1 N–H and O–H groups in total. The first-order valence-electron chi connectivity index (χ1n) is 6.00. The monoisotopic (exact) mass is 284 g/mol. The number of oxazole rings is 1. The van der Waals surface area contributed by atoms with Gasteiger partial charge in [0.2, 0.25) is 5.76 Å². The molecule has 1 aliphatic heterocycles. The first-order valence-corrected chi connectivity index (χ1v) is 7.05. The van der Waals surface area contributed by atoms with Gasteiger partial charge in [-0.05, 0) is 12.8 Å².